The predicted octanol–water partition coefficient (Wildman–Crippen LogP) is 0.668. The number of hydrogen-bond acceptors (Lipinski definition) is 3. The Labute approximate surface area is 104 Å². The average Bonchev–Trinajstić information content (AvgIpc) is 2.39. The molecule has 0 unspecified atom stereocenters. The van der Waals surface area contributed by atoms with Crippen LogP contribution in [0.5, 0.6) is 0 Å². The Bertz CT molecular complexity index is 261. The van der Waals surface area contributed by atoms with Gasteiger partial charge in [0.05, 0.1) is 0 Å². The van der Waals surface area contributed by atoms with Gasteiger partial charge in [0, 0.05) is 32.6 Å². The summed E-state index contributed by atoms with van der Waals surface area (Å²) in [5.74, 6) is 0.913. The summed E-state index contributed by atoms with van der Waals surface area (Å²) in [5, 5.41) is 0. The quantitative estimate of drug-likeness (QED) is 0.770. The van der Waals surface area contributed by atoms with Gasteiger partial charge >= 0.3 is 0 Å². The summed E-state index contributed by atoms with van der Waals surface area (Å²) >= 11 is 0. The first-order valence-electron chi connectivity index (χ1n) is 6.90. The van der Waals surface area contributed by atoms with Gasteiger partial charge in [-0.1, -0.05) is 0 Å². The van der Waals surface area contributed by atoms with Gasteiger partial charge in [-0.2, -0.15) is 0 Å². The van der Waals surface area contributed by atoms with Crippen LogP contribution in [0.1, 0.15) is 32.6 Å². The van der Waals surface area contributed by atoms with Crippen molar-refractivity contribution in [2.45, 2.75) is 38.6 Å². The highest BCUT2D eigenvalue weighted by atomic mass is 16.2. The SMILES string of the molecule is CC(=O)N1CCC(N2CCC[C@@H](CN)C2)CC1. The molecule has 17 heavy (non-hydrogen) atoms. The summed E-state index contributed by atoms with van der Waals surface area (Å²) in [5.41, 5.74) is 5.78. The van der Waals surface area contributed by atoms with Crippen molar-refractivity contribution in [1.29, 1.82) is 0 Å². The summed E-state index contributed by atoms with van der Waals surface area (Å²) in [6.45, 7) is 6.75. The van der Waals surface area contributed by atoms with E-state index in [2.05, 4.69) is 4.90 Å². The zero-order valence-corrected chi connectivity index (χ0v) is 10.9. The zero-order valence-electron chi connectivity index (χ0n) is 10.9. The minimum atomic E-state index is 0.224. The molecular weight excluding hydrogens is 214 g/mol. The third kappa shape index (κ3) is 3.19. The van der Waals surface area contributed by atoms with E-state index in [0.717, 1.165) is 32.5 Å². The molecule has 2 aliphatic heterocycles. The summed E-state index contributed by atoms with van der Waals surface area (Å²) in [4.78, 5) is 15.9. The number of carbonyl (C=O) groups is 1. The first-order valence-corrected chi connectivity index (χ1v) is 6.90. The van der Waals surface area contributed by atoms with E-state index in [1.165, 1.54) is 25.9 Å². The fourth-order valence-electron chi connectivity index (χ4n) is 3.17. The van der Waals surface area contributed by atoms with Crippen molar-refractivity contribution in [3.8, 4) is 0 Å². The number of nitrogens with zero attached hydrogens (tertiary/aromatic N) is 2. The Morgan fingerprint density at radius 3 is 2.53 bits per heavy atom. The molecule has 1 atom stereocenters. The number of nitrogens with two attached hydrogens (primary N) is 1. The minimum Gasteiger partial charge on any atom is -0.343 e. The molecule has 2 aliphatic rings. The Balaban J connectivity index is 1.81. The molecule has 2 rings (SSSR count). The van der Waals surface area contributed by atoms with Crippen molar-refractivity contribution in [3.63, 3.8) is 0 Å². The van der Waals surface area contributed by atoms with E-state index in [1.807, 2.05) is 4.90 Å². The standard InChI is InChI=1S/C13H25N3O/c1-11(17)15-7-4-13(5-8-15)16-6-2-3-12(9-14)10-16/h12-13H,2-10,14H2,1H3/t12-/m0/s1. The lowest BCUT2D eigenvalue weighted by molar-refractivity contribution is -0.130. The fraction of sp³-hybridized carbons (Fsp3) is 0.923. The number of carbonyl (C=O) groups excluding carboxylic acids is 1. The molecule has 0 aromatic heterocycles. The molecule has 98 valence electrons. The summed E-state index contributed by atoms with van der Waals surface area (Å²) in [7, 11) is 0. The molecule has 4 nitrogen and oxygen atoms in total. The summed E-state index contributed by atoms with van der Waals surface area (Å²) in [6.07, 6.45) is 4.85. The van der Waals surface area contributed by atoms with Crippen LogP contribution in [0, 0.1) is 5.92 Å². The first kappa shape index (κ1) is 12.8. The molecule has 0 saturated carbocycles. The summed E-state index contributed by atoms with van der Waals surface area (Å²) < 4.78 is 0. The molecule has 0 aromatic carbocycles. The Hall–Kier alpha value is -0.610. The number of likely N-dealkylation sites (tertiary alicyclic amines) is 2. The highest BCUT2D eigenvalue weighted by Gasteiger charge is 2.28. The number of hydrogen-bond donors (Lipinski definition) is 1. The second-order valence-electron chi connectivity index (χ2n) is 5.48. The highest BCUT2D eigenvalue weighted by Crippen LogP contribution is 2.23. The molecule has 2 saturated heterocycles. The minimum absolute atomic E-state index is 0.224. The van der Waals surface area contributed by atoms with Crippen molar-refractivity contribution in [2.24, 2.45) is 11.7 Å². The third-order valence-electron chi connectivity index (χ3n) is 4.31. The molecule has 0 radical (unpaired) electrons. The van der Waals surface area contributed by atoms with Gasteiger partial charge in [-0.15, -0.1) is 0 Å². The van der Waals surface area contributed by atoms with Crippen LogP contribution in [0.3, 0.4) is 0 Å². The van der Waals surface area contributed by atoms with Crippen LogP contribution in [-0.4, -0.2) is 54.5 Å². The van der Waals surface area contributed by atoms with Crippen molar-refractivity contribution < 1.29 is 4.79 Å². The molecule has 4 heteroatoms. The van der Waals surface area contributed by atoms with Gasteiger partial charge in [0.25, 0.3) is 0 Å². The Morgan fingerprint density at radius 2 is 1.94 bits per heavy atom. The lowest BCUT2D eigenvalue weighted by Gasteiger charge is -2.42. The van der Waals surface area contributed by atoms with Crippen molar-refractivity contribution in [3.05, 3.63) is 0 Å². The Kier molecular flexibility index (Phi) is 4.40. The molecule has 0 aromatic rings. The highest BCUT2D eigenvalue weighted by molar-refractivity contribution is 5.73. The molecule has 0 spiro atoms. The fourth-order valence-corrected chi connectivity index (χ4v) is 3.17. The second-order valence-corrected chi connectivity index (χ2v) is 5.48. The molecule has 0 bridgehead atoms. The molecule has 2 heterocycles. The predicted molar refractivity (Wildman–Crippen MR) is 68.6 cm³/mol. The monoisotopic (exact) mass is 239 g/mol. The maximum Gasteiger partial charge on any atom is 0.219 e. The van der Waals surface area contributed by atoms with Gasteiger partial charge in [0.2, 0.25) is 5.91 Å². The van der Waals surface area contributed by atoms with Gasteiger partial charge in [-0.3, -0.25) is 9.69 Å². The largest absolute Gasteiger partial charge is 0.343 e. The molecule has 1 amide bonds. The Morgan fingerprint density at radius 1 is 1.24 bits per heavy atom. The lowest BCUT2D eigenvalue weighted by Crippen LogP contribution is -2.50. The van der Waals surface area contributed by atoms with Crippen LogP contribution < -0.4 is 5.73 Å². The number of amides is 1. The van der Waals surface area contributed by atoms with E-state index < -0.39 is 0 Å². The van der Waals surface area contributed by atoms with Gasteiger partial charge in [-0.05, 0) is 44.7 Å². The number of piperidine rings is 2. The van der Waals surface area contributed by atoms with Gasteiger partial charge in [-0.25, -0.2) is 0 Å². The van der Waals surface area contributed by atoms with Crippen LogP contribution >= 0.6 is 0 Å². The second kappa shape index (κ2) is 5.83. The summed E-state index contributed by atoms with van der Waals surface area (Å²) in [6, 6.07) is 0.681. The average molecular weight is 239 g/mol. The van der Waals surface area contributed by atoms with Crippen LogP contribution in [0.15, 0.2) is 0 Å². The van der Waals surface area contributed by atoms with Gasteiger partial charge in [0.1, 0.15) is 0 Å². The van der Waals surface area contributed by atoms with Crippen molar-refractivity contribution in [2.75, 3.05) is 32.7 Å². The van der Waals surface area contributed by atoms with Crippen LogP contribution in [-0.2, 0) is 4.79 Å². The van der Waals surface area contributed by atoms with Gasteiger partial charge in [0.15, 0.2) is 0 Å². The van der Waals surface area contributed by atoms with Crippen LogP contribution in [0.2, 0.25) is 0 Å². The van der Waals surface area contributed by atoms with E-state index in [-0.39, 0.29) is 5.91 Å². The maximum atomic E-state index is 11.3. The maximum absolute atomic E-state index is 11.3. The van der Waals surface area contributed by atoms with Gasteiger partial charge < -0.3 is 10.6 Å². The molecule has 0 aliphatic carbocycles. The van der Waals surface area contributed by atoms with E-state index in [9.17, 15) is 4.79 Å². The zero-order chi connectivity index (χ0) is 12.3. The first-order chi connectivity index (χ1) is 8.20. The molecular formula is C13H25N3O. The topological polar surface area (TPSA) is 49.6 Å². The van der Waals surface area contributed by atoms with E-state index in [1.54, 1.807) is 6.92 Å². The molecule has 2 N–H and O–H groups in total. The number of rotatable bonds is 2. The normalized spacial score (nSPS) is 28.4. The smallest absolute Gasteiger partial charge is 0.219 e. The van der Waals surface area contributed by atoms with E-state index in [4.69, 9.17) is 5.73 Å². The van der Waals surface area contributed by atoms with E-state index >= 15 is 0 Å². The van der Waals surface area contributed by atoms with E-state index in [0.29, 0.717) is 12.0 Å². The molecule has 2 fully saturated rings. The third-order valence-corrected chi connectivity index (χ3v) is 4.31. The van der Waals surface area contributed by atoms with Crippen LogP contribution in [0.4, 0.5) is 0 Å². The van der Waals surface area contributed by atoms with Crippen LogP contribution in [0.25, 0.3) is 0 Å². The lowest BCUT2D eigenvalue weighted by atomic mass is 9.94. The van der Waals surface area contributed by atoms with Crippen molar-refractivity contribution >= 4 is 5.91 Å². The van der Waals surface area contributed by atoms with Crippen molar-refractivity contribution in [1.82, 2.24) is 9.80 Å².